The molecule has 0 saturated carbocycles. The third-order valence-corrected chi connectivity index (χ3v) is 4.07. The van der Waals surface area contributed by atoms with Crippen LogP contribution in [0, 0.1) is 0 Å². The van der Waals surface area contributed by atoms with Crippen LogP contribution in [0.5, 0.6) is 0 Å². The summed E-state index contributed by atoms with van der Waals surface area (Å²) in [6, 6.07) is 8.16. The summed E-state index contributed by atoms with van der Waals surface area (Å²) in [6.07, 6.45) is 6.99. The lowest BCUT2D eigenvalue weighted by Gasteiger charge is -2.15. The average molecular weight is 313 g/mol. The highest BCUT2D eigenvalue weighted by Gasteiger charge is 2.12. The van der Waals surface area contributed by atoms with Gasteiger partial charge in [-0.3, -0.25) is 14.4 Å². The third-order valence-electron chi connectivity index (χ3n) is 4.07. The minimum absolute atomic E-state index is 0.0448. The van der Waals surface area contributed by atoms with Gasteiger partial charge in [0.05, 0.1) is 0 Å². The van der Waals surface area contributed by atoms with Crippen molar-refractivity contribution >= 4 is 11.6 Å². The van der Waals surface area contributed by atoms with Gasteiger partial charge in [0.15, 0.2) is 0 Å². The van der Waals surface area contributed by atoms with Crippen LogP contribution in [-0.2, 0) is 17.9 Å². The first-order valence-electron chi connectivity index (χ1n) is 8.23. The molecule has 0 aliphatic carbocycles. The molecule has 2 heterocycles. The zero-order valence-corrected chi connectivity index (χ0v) is 13.3. The van der Waals surface area contributed by atoms with Crippen LogP contribution in [0.15, 0.2) is 36.9 Å². The first-order chi connectivity index (χ1) is 11.3. The topological polar surface area (TPSA) is 63.1 Å². The molecule has 0 atom stereocenters. The van der Waals surface area contributed by atoms with Crippen LogP contribution >= 0.6 is 0 Å². The molecule has 23 heavy (non-hydrogen) atoms. The Bertz CT molecular complexity index is 620. The van der Waals surface area contributed by atoms with Crippen molar-refractivity contribution in [2.45, 2.75) is 38.8 Å². The number of benzene rings is 1. The molecule has 1 aromatic carbocycles. The van der Waals surface area contributed by atoms with E-state index in [0.717, 1.165) is 18.7 Å². The van der Waals surface area contributed by atoms with E-state index in [0.29, 0.717) is 13.0 Å². The molecule has 1 aliphatic heterocycles. The van der Waals surface area contributed by atoms with Crippen molar-refractivity contribution in [1.82, 2.24) is 19.7 Å². The molecule has 0 radical (unpaired) electrons. The Morgan fingerprint density at radius 2 is 2.13 bits per heavy atom. The zero-order chi connectivity index (χ0) is 15.9. The number of amides is 1. The first kappa shape index (κ1) is 15.7. The van der Waals surface area contributed by atoms with Crippen molar-refractivity contribution < 1.29 is 4.79 Å². The van der Waals surface area contributed by atoms with Crippen molar-refractivity contribution in [3.63, 3.8) is 0 Å². The molecule has 1 N–H and O–H groups in total. The monoisotopic (exact) mass is 313 g/mol. The fourth-order valence-electron chi connectivity index (χ4n) is 2.92. The SMILES string of the molecule is O=C(CCCn1cncn1)Nc1cccc(CN2CCCC2)c1. The molecule has 1 aromatic heterocycles. The maximum absolute atomic E-state index is 12.0. The number of carbonyl (C=O) groups excluding carboxylic acids is 1. The summed E-state index contributed by atoms with van der Waals surface area (Å²) in [4.78, 5) is 18.4. The van der Waals surface area contributed by atoms with E-state index < -0.39 is 0 Å². The number of anilines is 1. The largest absolute Gasteiger partial charge is 0.326 e. The van der Waals surface area contributed by atoms with Crippen LogP contribution in [0.2, 0.25) is 0 Å². The molecule has 0 unspecified atom stereocenters. The second-order valence-corrected chi connectivity index (χ2v) is 5.99. The molecule has 0 bridgehead atoms. The number of aryl methyl sites for hydroxylation is 1. The van der Waals surface area contributed by atoms with Gasteiger partial charge in [0.25, 0.3) is 0 Å². The van der Waals surface area contributed by atoms with Crippen LogP contribution in [-0.4, -0.2) is 38.7 Å². The summed E-state index contributed by atoms with van der Waals surface area (Å²) < 4.78 is 1.74. The third kappa shape index (κ3) is 4.89. The number of carbonyl (C=O) groups is 1. The van der Waals surface area contributed by atoms with Crippen molar-refractivity contribution in [1.29, 1.82) is 0 Å². The number of nitrogens with zero attached hydrogens (tertiary/aromatic N) is 4. The summed E-state index contributed by atoms with van der Waals surface area (Å²) in [5, 5.41) is 7.01. The number of rotatable bonds is 7. The maximum Gasteiger partial charge on any atom is 0.224 e. The Labute approximate surface area is 136 Å². The normalized spacial score (nSPS) is 15.0. The number of aromatic nitrogens is 3. The molecule has 6 nitrogen and oxygen atoms in total. The number of hydrogen-bond acceptors (Lipinski definition) is 4. The molecular formula is C17H23N5O. The number of hydrogen-bond donors (Lipinski definition) is 1. The van der Waals surface area contributed by atoms with E-state index >= 15 is 0 Å². The van der Waals surface area contributed by atoms with Crippen molar-refractivity contribution in [3.8, 4) is 0 Å². The van der Waals surface area contributed by atoms with Crippen LogP contribution < -0.4 is 5.32 Å². The highest BCUT2D eigenvalue weighted by Crippen LogP contribution is 2.16. The summed E-state index contributed by atoms with van der Waals surface area (Å²) in [6.45, 7) is 4.04. The van der Waals surface area contributed by atoms with Gasteiger partial charge >= 0.3 is 0 Å². The minimum Gasteiger partial charge on any atom is -0.326 e. The van der Waals surface area contributed by atoms with Crippen molar-refractivity contribution in [2.75, 3.05) is 18.4 Å². The van der Waals surface area contributed by atoms with Gasteiger partial charge in [-0.2, -0.15) is 5.10 Å². The van der Waals surface area contributed by atoms with Crippen LogP contribution in [0.3, 0.4) is 0 Å². The summed E-state index contributed by atoms with van der Waals surface area (Å²) in [5.41, 5.74) is 2.14. The predicted molar refractivity (Wildman–Crippen MR) is 88.8 cm³/mol. The Hall–Kier alpha value is -2.21. The molecule has 122 valence electrons. The minimum atomic E-state index is 0.0448. The van der Waals surface area contributed by atoms with Crippen molar-refractivity contribution in [3.05, 3.63) is 42.5 Å². The number of likely N-dealkylation sites (tertiary alicyclic amines) is 1. The van der Waals surface area contributed by atoms with Crippen LogP contribution in [0.1, 0.15) is 31.2 Å². The summed E-state index contributed by atoms with van der Waals surface area (Å²) in [7, 11) is 0. The molecule has 1 saturated heterocycles. The Kier molecular flexibility index (Phi) is 5.37. The smallest absolute Gasteiger partial charge is 0.224 e. The van der Waals surface area contributed by atoms with E-state index in [9.17, 15) is 4.79 Å². The van der Waals surface area contributed by atoms with Crippen molar-refractivity contribution in [2.24, 2.45) is 0 Å². The Balaban J connectivity index is 1.45. The molecule has 1 amide bonds. The standard InChI is InChI=1S/C17H23N5O/c23-17(7-4-10-22-14-18-13-19-22)20-16-6-3-5-15(11-16)12-21-8-1-2-9-21/h3,5-6,11,13-14H,1-2,4,7-10,12H2,(H,20,23). The molecule has 6 heteroatoms. The zero-order valence-electron chi connectivity index (χ0n) is 13.3. The van der Waals surface area contributed by atoms with E-state index in [1.54, 1.807) is 11.0 Å². The second-order valence-electron chi connectivity index (χ2n) is 5.99. The number of nitrogens with one attached hydrogen (secondary N) is 1. The fraction of sp³-hybridized carbons (Fsp3) is 0.471. The lowest BCUT2D eigenvalue weighted by atomic mass is 10.2. The first-order valence-corrected chi connectivity index (χ1v) is 8.23. The molecule has 1 fully saturated rings. The van der Waals surface area contributed by atoms with E-state index in [1.807, 2.05) is 12.1 Å². The van der Waals surface area contributed by atoms with Crippen LogP contribution in [0.25, 0.3) is 0 Å². The summed E-state index contributed by atoms with van der Waals surface area (Å²) >= 11 is 0. The highest BCUT2D eigenvalue weighted by atomic mass is 16.1. The van der Waals surface area contributed by atoms with Gasteiger partial charge in [0.2, 0.25) is 5.91 Å². The average Bonchev–Trinajstić information content (AvgIpc) is 3.21. The molecule has 1 aliphatic rings. The van der Waals surface area contributed by atoms with Gasteiger partial charge in [-0.05, 0) is 50.0 Å². The fourth-order valence-corrected chi connectivity index (χ4v) is 2.92. The van der Waals surface area contributed by atoms with Gasteiger partial charge in [0.1, 0.15) is 12.7 Å². The predicted octanol–water partition coefficient (Wildman–Crippen LogP) is 2.29. The highest BCUT2D eigenvalue weighted by molar-refractivity contribution is 5.90. The maximum atomic E-state index is 12.0. The molecular weight excluding hydrogens is 290 g/mol. The van der Waals surface area contributed by atoms with E-state index in [-0.39, 0.29) is 5.91 Å². The van der Waals surface area contributed by atoms with E-state index in [2.05, 4.69) is 32.4 Å². The van der Waals surface area contributed by atoms with Crippen LogP contribution in [0.4, 0.5) is 5.69 Å². The molecule has 2 aromatic rings. The van der Waals surface area contributed by atoms with Gasteiger partial charge in [0, 0.05) is 25.2 Å². The second kappa shape index (κ2) is 7.87. The molecule has 3 rings (SSSR count). The van der Waals surface area contributed by atoms with E-state index in [4.69, 9.17) is 0 Å². The Morgan fingerprint density at radius 1 is 1.26 bits per heavy atom. The van der Waals surface area contributed by atoms with Gasteiger partial charge in [-0.1, -0.05) is 12.1 Å². The summed E-state index contributed by atoms with van der Waals surface area (Å²) in [5.74, 6) is 0.0448. The van der Waals surface area contributed by atoms with Gasteiger partial charge in [-0.15, -0.1) is 0 Å². The van der Waals surface area contributed by atoms with Gasteiger partial charge < -0.3 is 5.32 Å². The lowest BCUT2D eigenvalue weighted by molar-refractivity contribution is -0.116. The van der Waals surface area contributed by atoms with E-state index in [1.165, 1.54) is 37.8 Å². The Morgan fingerprint density at radius 3 is 2.91 bits per heavy atom. The lowest BCUT2D eigenvalue weighted by Crippen LogP contribution is -2.18. The molecule has 0 spiro atoms. The van der Waals surface area contributed by atoms with Gasteiger partial charge in [-0.25, -0.2) is 4.98 Å². The quantitative estimate of drug-likeness (QED) is 0.852.